The first-order valence-corrected chi connectivity index (χ1v) is 12.2. The Morgan fingerprint density at radius 3 is 2.21 bits per heavy atom. The highest BCUT2D eigenvalue weighted by molar-refractivity contribution is 5.96. The maximum absolute atomic E-state index is 13.1. The third-order valence-electron chi connectivity index (χ3n) is 6.16. The van der Waals surface area contributed by atoms with Crippen molar-refractivity contribution in [1.29, 1.82) is 0 Å². The molecule has 7 heteroatoms. The van der Waals surface area contributed by atoms with Crippen LogP contribution in [-0.2, 0) is 11.2 Å². The molecule has 0 N–H and O–H groups in total. The number of ether oxygens (including phenoxy) is 1. The second-order valence-electron chi connectivity index (χ2n) is 8.54. The molecular formula is C27H32N4O3. The van der Waals surface area contributed by atoms with Crippen LogP contribution in [-0.4, -0.2) is 59.5 Å². The second-order valence-corrected chi connectivity index (χ2v) is 8.54. The molecule has 0 unspecified atom stereocenters. The van der Waals surface area contributed by atoms with Gasteiger partial charge in [0.2, 0.25) is 0 Å². The van der Waals surface area contributed by atoms with E-state index in [9.17, 15) is 9.59 Å². The average Bonchev–Trinajstić information content (AvgIpc) is 2.88. The number of hydrogen-bond donors (Lipinski definition) is 0. The van der Waals surface area contributed by atoms with Gasteiger partial charge in [0, 0.05) is 31.7 Å². The average molecular weight is 461 g/mol. The highest BCUT2D eigenvalue weighted by Crippen LogP contribution is 2.23. The SMILES string of the molecule is CCCCCc1ccc(C(=O)N2CCN(c3nc4ccccc4nc3C(=O)OCC)CC2)cc1. The number of amides is 1. The minimum absolute atomic E-state index is 0.0370. The van der Waals surface area contributed by atoms with Gasteiger partial charge in [-0.1, -0.05) is 44.0 Å². The molecule has 0 atom stereocenters. The fourth-order valence-electron chi connectivity index (χ4n) is 4.24. The fourth-order valence-corrected chi connectivity index (χ4v) is 4.24. The normalized spacial score (nSPS) is 13.8. The Labute approximate surface area is 200 Å². The number of anilines is 1. The van der Waals surface area contributed by atoms with Gasteiger partial charge in [-0.25, -0.2) is 14.8 Å². The van der Waals surface area contributed by atoms with Crippen LogP contribution in [0.1, 0.15) is 59.5 Å². The molecular weight excluding hydrogens is 428 g/mol. The molecule has 1 amide bonds. The zero-order valence-corrected chi connectivity index (χ0v) is 20.0. The molecule has 2 aromatic carbocycles. The Hall–Kier alpha value is -3.48. The number of para-hydroxylation sites is 2. The molecule has 1 aliphatic heterocycles. The number of carbonyl (C=O) groups is 2. The van der Waals surface area contributed by atoms with Crippen LogP contribution in [0.3, 0.4) is 0 Å². The summed E-state index contributed by atoms with van der Waals surface area (Å²) < 4.78 is 5.23. The first-order chi connectivity index (χ1) is 16.6. The Morgan fingerprint density at radius 1 is 0.882 bits per heavy atom. The van der Waals surface area contributed by atoms with Crippen LogP contribution in [0, 0.1) is 0 Å². The Morgan fingerprint density at radius 2 is 1.56 bits per heavy atom. The maximum Gasteiger partial charge on any atom is 0.360 e. The van der Waals surface area contributed by atoms with Crippen LogP contribution >= 0.6 is 0 Å². The molecule has 4 rings (SSSR count). The summed E-state index contributed by atoms with van der Waals surface area (Å²) in [6.45, 7) is 6.48. The van der Waals surface area contributed by atoms with Gasteiger partial charge in [-0.3, -0.25) is 4.79 Å². The van der Waals surface area contributed by atoms with Crippen molar-refractivity contribution in [1.82, 2.24) is 14.9 Å². The van der Waals surface area contributed by atoms with E-state index in [4.69, 9.17) is 9.72 Å². The predicted octanol–water partition coefficient (Wildman–Crippen LogP) is 4.50. The van der Waals surface area contributed by atoms with E-state index >= 15 is 0 Å². The molecule has 0 radical (unpaired) electrons. The molecule has 1 fully saturated rings. The number of fused-ring (bicyclic) bond motifs is 1. The number of benzene rings is 2. The largest absolute Gasteiger partial charge is 0.461 e. The van der Waals surface area contributed by atoms with Crippen molar-refractivity contribution in [2.24, 2.45) is 0 Å². The van der Waals surface area contributed by atoms with E-state index < -0.39 is 5.97 Å². The molecule has 1 saturated heterocycles. The van der Waals surface area contributed by atoms with E-state index in [-0.39, 0.29) is 18.2 Å². The lowest BCUT2D eigenvalue weighted by atomic mass is 10.0. The molecule has 0 bridgehead atoms. The van der Waals surface area contributed by atoms with Crippen LogP contribution in [0.25, 0.3) is 11.0 Å². The number of esters is 1. The van der Waals surface area contributed by atoms with Crippen LogP contribution in [0.2, 0.25) is 0 Å². The molecule has 0 saturated carbocycles. The van der Waals surface area contributed by atoms with Crippen molar-refractivity contribution in [3.63, 3.8) is 0 Å². The zero-order chi connectivity index (χ0) is 23.9. The van der Waals surface area contributed by atoms with Gasteiger partial charge in [0.05, 0.1) is 17.6 Å². The third-order valence-corrected chi connectivity index (χ3v) is 6.16. The van der Waals surface area contributed by atoms with Crippen LogP contribution < -0.4 is 4.90 Å². The van der Waals surface area contributed by atoms with Gasteiger partial charge in [0.25, 0.3) is 5.91 Å². The van der Waals surface area contributed by atoms with Gasteiger partial charge in [-0.05, 0) is 49.6 Å². The number of hydrogen-bond acceptors (Lipinski definition) is 6. The van der Waals surface area contributed by atoms with Crippen LogP contribution in [0.5, 0.6) is 0 Å². The van der Waals surface area contributed by atoms with Crippen molar-refractivity contribution >= 4 is 28.7 Å². The van der Waals surface area contributed by atoms with E-state index in [1.165, 1.54) is 24.8 Å². The van der Waals surface area contributed by atoms with Crippen molar-refractivity contribution < 1.29 is 14.3 Å². The summed E-state index contributed by atoms with van der Waals surface area (Å²) in [7, 11) is 0. The number of aromatic nitrogens is 2. The molecule has 34 heavy (non-hydrogen) atoms. The van der Waals surface area contributed by atoms with Gasteiger partial charge in [0.15, 0.2) is 11.5 Å². The number of piperazine rings is 1. The first kappa shape index (κ1) is 23.7. The highest BCUT2D eigenvalue weighted by Gasteiger charge is 2.27. The summed E-state index contributed by atoms with van der Waals surface area (Å²) in [5, 5.41) is 0. The topological polar surface area (TPSA) is 75.6 Å². The molecule has 1 aromatic heterocycles. The highest BCUT2D eigenvalue weighted by atomic mass is 16.5. The number of rotatable bonds is 8. The third kappa shape index (κ3) is 5.35. The van der Waals surface area contributed by atoms with Crippen LogP contribution in [0.15, 0.2) is 48.5 Å². The number of carbonyl (C=O) groups excluding carboxylic acids is 2. The smallest absolute Gasteiger partial charge is 0.360 e. The van der Waals surface area contributed by atoms with Gasteiger partial charge in [-0.15, -0.1) is 0 Å². The summed E-state index contributed by atoms with van der Waals surface area (Å²) in [4.78, 5) is 38.8. The number of nitrogens with zero attached hydrogens (tertiary/aromatic N) is 4. The van der Waals surface area contributed by atoms with E-state index in [1.807, 2.05) is 46.2 Å². The molecule has 3 aromatic rings. The molecule has 178 valence electrons. The Balaban J connectivity index is 1.45. The Kier molecular flexibility index (Phi) is 7.72. The van der Waals surface area contributed by atoms with E-state index in [0.29, 0.717) is 43.1 Å². The lowest BCUT2D eigenvalue weighted by Crippen LogP contribution is -2.49. The summed E-state index contributed by atoms with van der Waals surface area (Å²) in [5.74, 6) is 0.0731. The monoisotopic (exact) mass is 460 g/mol. The standard InChI is InChI=1S/C27H32N4O3/c1-3-5-6-9-20-12-14-21(15-13-20)26(32)31-18-16-30(17-19-31)25-24(27(33)34-4-2)28-22-10-7-8-11-23(22)29-25/h7-8,10-15H,3-6,9,16-19H2,1-2H3. The van der Waals surface area contributed by atoms with E-state index in [2.05, 4.69) is 24.0 Å². The maximum atomic E-state index is 13.1. The minimum Gasteiger partial charge on any atom is -0.461 e. The molecule has 0 spiro atoms. The molecule has 1 aliphatic rings. The quantitative estimate of drug-likeness (QED) is 0.364. The minimum atomic E-state index is -0.478. The Bertz CT molecular complexity index is 1140. The van der Waals surface area contributed by atoms with Crippen molar-refractivity contribution in [2.75, 3.05) is 37.7 Å². The lowest BCUT2D eigenvalue weighted by molar-refractivity contribution is 0.0519. The second kappa shape index (κ2) is 11.1. The fraction of sp³-hybridized carbons (Fsp3) is 0.407. The van der Waals surface area contributed by atoms with Gasteiger partial charge in [0.1, 0.15) is 0 Å². The molecule has 2 heterocycles. The lowest BCUT2D eigenvalue weighted by Gasteiger charge is -2.36. The van der Waals surface area contributed by atoms with Crippen molar-refractivity contribution in [3.05, 3.63) is 65.4 Å². The molecule has 7 nitrogen and oxygen atoms in total. The first-order valence-electron chi connectivity index (χ1n) is 12.2. The van der Waals surface area contributed by atoms with Crippen molar-refractivity contribution in [3.8, 4) is 0 Å². The molecule has 0 aliphatic carbocycles. The van der Waals surface area contributed by atoms with Gasteiger partial charge >= 0.3 is 5.97 Å². The van der Waals surface area contributed by atoms with E-state index in [1.54, 1.807) is 6.92 Å². The summed E-state index contributed by atoms with van der Waals surface area (Å²) in [6, 6.07) is 15.5. The zero-order valence-electron chi connectivity index (χ0n) is 20.0. The number of unbranched alkanes of at least 4 members (excludes halogenated alkanes) is 2. The summed E-state index contributed by atoms with van der Waals surface area (Å²) in [5.41, 5.74) is 3.59. The van der Waals surface area contributed by atoms with Gasteiger partial charge < -0.3 is 14.5 Å². The van der Waals surface area contributed by atoms with Crippen LogP contribution in [0.4, 0.5) is 5.82 Å². The van der Waals surface area contributed by atoms with Crippen molar-refractivity contribution in [2.45, 2.75) is 39.5 Å². The van der Waals surface area contributed by atoms with Gasteiger partial charge in [-0.2, -0.15) is 0 Å². The van der Waals surface area contributed by atoms with E-state index in [0.717, 1.165) is 11.9 Å². The predicted molar refractivity (Wildman–Crippen MR) is 133 cm³/mol. The summed E-state index contributed by atoms with van der Waals surface area (Å²) in [6.07, 6.45) is 4.66. The summed E-state index contributed by atoms with van der Waals surface area (Å²) >= 11 is 0. The number of aryl methyl sites for hydroxylation is 1.